The van der Waals surface area contributed by atoms with Gasteiger partial charge in [-0.2, -0.15) is 18.3 Å². The molecule has 0 unspecified atom stereocenters. The van der Waals surface area contributed by atoms with Crippen molar-refractivity contribution in [1.29, 1.82) is 0 Å². The molecule has 4 rings (SSSR count). The number of carbonyl (C=O) groups excluding carboxylic acids is 1. The van der Waals surface area contributed by atoms with Crippen LogP contribution in [0.1, 0.15) is 40.9 Å². The Bertz CT molecular complexity index is 1070. The number of alkyl halides is 3. The third kappa shape index (κ3) is 4.42. The molecule has 2 heterocycles. The molecular formula is C23H23F3N4O. The van der Waals surface area contributed by atoms with Gasteiger partial charge in [0.05, 0.1) is 40.1 Å². The van der Waals surface area contributed by atoms with E-state index in [-0.39, 0.29) is 5.69 Å². The Hall–Kier alpha value is -3.29. The van der Waals surface area contributed by atoms with Crippen LogP contribution in [0.3, 0.4) is 0 Å². The number of hydrogen-bond acceptors (Lipinski definition) is 3. The fourth-order valence-electron chi connectivity index (χ4n) is 3.87. The van der Waals surface area contributed by atoms with E-state index < -0.39 is 17.6 Å². The summed E-state index contributed by atoms with van der Waals surface area (Å²) >= 11 is 0. The summed E-state index contributed by atoms with van der Waals surface area (Å²) in [7, 11) is 0. The van der Waals surface area contributed by atoms with E-state index in [1.165, 1.54) is 12.3 Å². The number of anilines is 2. The van der Waals surface area contributed by atoms with Gasteiger partial charge in [-0.3, -0.25) is 4.79 Å². The maximum atomic E-state index is 13.3. The number of nitrogens with zero attached hydrogens (tertiary/aromatic N) is 3. The maximum Gasteiger partial charge on any atom is 0.416 e. The first-order valence-electron chi connectivity index (χ1n) is 10.2. The summed E-state index contributed by atoms with van der Waals surface area (Å²) in [4.78, 5) is 15.0. The summed E-state index contributed by atoms with van der Waals surface area (Å²) in [5.74, 6) is -0.489. The Morgan fingerprint density at radius 1 is 1.03 bits per heavy atom. The number of halogens is 3. The molecule has 0 radical (unpaired) electrons. The lowest BCUT2D eigenvalue weighted by molar-refractivity contribution is -0.137. The monoisotopic (exact) mass is 428 g/mol. The zero-order valence-corrected chi connectivity index (χ0v) is 17.1. The molecular weight excluding hydrogens is 405 g/mol. The minimum Gasteiger partial charge on any atom is -0.370 e. The minimum absolute atomic E-state index is 0.161. The van der Waals surface area contributed by atoms with E-state index in [9.17, 15) is 18.0 Å². The number of piperidine rings is 1. The molecule has 0 saturated carbocycles. The van der Waals surface area contributed by atoms with Crippen LogP contribution in [0.2, 0.25) is 0 Å². The van der Waals surface area contributed by atoms with Crippen LogP contribution in [0.15, 0.2) is 54.7 Å². The highest BCUT2D eigenvalue weighted by Gasteiger charge is 2.32. The van der Waals surface area contributed by atoms with Crippen LogP contribution >= 0.6 is 0 Å². The topological polar surface area (TPSA) is 50.2 Å². The van der Waals surface area contributed by atoms with Gasteiger partial charge in [-0.15, -0.1) is 0 Å². The zero-order chi connectivity index (χ0) is 22.0. The molecule has 0 aliphatic carbocycles. The van der Waals surface area contributed by atoms with Gasteiger partial charge in [0, 0.05) is 13.1 Å². The lowest BCUT2D eigenvalue weighted by atomic mass is 10.1. The smallest absolute Gasteiger partial charge is 0.370 e. The average molecular weight is 428 g/mol. The summed E-state index contributed by atoms with van der Waals surface area (Å²) in [6, 6.07) is 12.9. The molecule has 1 aromatic heterocycles. The number of carbonyl (C=O) groups is 1. The molecule has 0 bridgehead atoms. The highest BCUT2D eigenvalue weighted by molar-refractivity contribution is 6.06. The van der Waals surface area contributed by atoms with Crippen molar-refractivity contribution in [3.63, 3.8) is 0 Å². The van der Waals surface area contributed by atoms with Gasteiger partial charge in [-0.1, -0.05) is 18.2 Å². The number of nitrogens with one attached hydrogen (secondary N) is 1. The van der Waals surface area contributed by atoms with Gasteiger partial charge in [-0.05, 0) is 56.5 Å². The quantitative estimate of drug-likeness (QED) is 0.602. The van der Waals surface area contributed by atoms with Crippen LogP contribution in [-0.4, -0.2) is 28.8 Å². The molecule has 1 fully saturated rings. The van der Waals surface area contributed by atoms with Crippen molar-refractivity contribution in [2.24, 2.45) is 0 Å². The van der Waals surface area contributed by atoms with E-state index in [0.717, 1.165) is 50.2 Å². The highest BCUT2D eigenvalue weighted by Crippen LogP contribution is 2.36. The lowest BCUT2D eigenvalue weighted by Gasteiger charge is -2.31. The highest BCUT2D eigenvalue weighted by atomic mass is 19.4. The maximum absolute atomic E-state index is 13.3. The van der Waals surface area contributed by atoms with Gasteiger partial charge in [0.1, 0.15) is 0 Å². The second-order valence-corrected chi connectivity index (χ2v) is 7.62. The molecule has 5 nitrogen and oxygen atoms in total. The molecule has 31 heavy (non-hydrogen) atoms. The van der Waals surface area contributed by atoms with Gasteiger partial charge >= 0.3 is 6.18 Å². The zero-order valence-electron chi connectivity index (χ0n) is 17.1. The number of amides is 1. The van der Waals surface area contributed by atoms with Crippen molar-refractivity contribution in [2.75, 3.05) is 23.3 Å². The van der Waals surface area contributed by atoms with Gasteiger partial charge in [-0.25, -0.2) is 4.68 Å². The van der Waals surface area contributed by atoms with Crippen LogP contribution in [-0.2, 0) is 6.18 Å². The summed E-state index contributed by atoms with van der Waals surface area (Å²) in [6.45, 7) is 3.25. The van der Waals surface area contributed by atoms with E-state index in [1.807, 2.05) is 35.2 Å². The minimum atomic E-state index is -4.49. The van der Waals surface area contributed by atoms with Crippen LogP contribution in [0.4, 0.5) is 24.5 Å². The SMILES string of the molecule is Cc1c(C(=O)Nc2cc(C(F)(F)F)ccc2N2CCCCC2)cnn1-c1ccccc1. The largest absolute Gasteiger partial charge is 0.416 e. The van der Waals surface area contributed by atoms with Gasteiger partial charge in [0.25, 0.3) is 5.91 Å². The summed E-state index contributed by atoms with van der Waals surface area (Å²) in [5, 5.41) is 6.99. The number of aromatic nitrogens is 2. The van der Waals surface area contributed by atoms with Crippen molar-refractivity contribution in [1.82, 2.24) is 9.78 Å². The molecule has 1 saturated heterocycles. The molecule has 3 aromatic rings. The predicted octanol–water partition coefficient (Wildman–Crippen LogP) is 5.44. The molecule has 1 aliphatic rings. The van der Waals surface area contributed by atoms with Crippen molar-refractivity contribution < 1.29 is 18.0 Å². The number of hydrogen-bond donors (Lipinski definition) is 1. The molecule has 1 aliphatic heterocycles. The van der Waals surface area contributed by atoms with Crippen LogP contribution in [0, 0.1) is 6.92 Å². The standard InChI is InChI=1S/C23H23F3N4O/c1-16-19(15-27-30(16)18-8-4-2-5-9-18)22(31)28-20-14-17(23(24,25)26)10-11-21(20)29-12-6-3-7-13-29/h2,4-5,8-11,14-15H,3,6-7,12-13H2,1H3,(H,28,31). The first kappa shape index (κ1) is 21.0. The fourth-order valence-corrected chi connectivity index (χ4v) is 3.87. The number of para-hydroxylation sites is 1. The van der Waals surface area contributed by atoms with Crippen LogP contribution < -0.4 is 10.2 Å². The molecule has 1 N–H and O–H groups in total. The van der Waals surface area contributed by atoms with E-state index in [1.54, 1.807) is 11.6 Å². The lowest BCUT2D eigenvalue weighted by Crippen LogP contribution is -2.30. The van der Waals surface area contributed by atoms with E-state index in [0.29, 0.717) is 16.9 Å². The van der Waals surface area contributed by atoms with Crippen molar-refractivity contribution in [2.45, 2.75) is 32.4 Å². The Balaban J connectivity index is 1.66. The summed E-state index contributed by atoms with van der Waals surface area (Å²) in [6.07, 6.45) is -0.0225. The first-order chi connectivity index (χ1) is 14.8. The van der Waals surface area contributed by atoms with Crippen LogP contribution in [0.25, 0.3) is 5.69 Å². The van der Waals surface area contributed by atoms with E-state index in [4.69, 9.17) is 0 Å². The molecule has 1 amide bonds. The molecule has 162 valence electrons. The average Bonchev–Trinajstić information content (AvgIpc) is 3.16. The third-order valence-electron chi connectivity index (χ3n) is 5.52. The number of rotatable bonds is 4. The van der Waals surface area contributed by atoms with Gasteiger partial charge in [0.2, 0.25) is 0 Å². The first-order valence-corrected chi connectivity index (χ1v) is 10.2. The second-order valence-electron chi connectivity index (χ2n) is 7.62. The second kappa shape index (κ2) is 8.45. The molecule has 2 aromatic carbocycles. The Kier molecular flexibility index (Phi) is 5.71. The Morgan fingerprint density at radius 3 is 2.42 bits per heavy atom. The normalized spacial score (nSPS) is 14.5. The summed E-state index contributed by atoms with van der Waals surface area (Å²) < 4.78 is 41.6. The summed E-state index contributed by atoms with van der Waals surface area (Å²) in [5.41, 5.74) is 1.69. The van der Waals surface area contributed by atoms with Gasteiger partial charge in [0.15, 0.2) is 0 Å². The van der Waals surface area contributed by atoms with Crippen molar-refractivity contribution in [3.05, 3.63) is 71.5 Å². The number of benzene rings is 2. The Labute approximate surface area is 178 Å². The van der Waals surface area contributed by atoms with Crippen molar-refractivity contribution in [3.8, 4) is 5.69 Å². The molecule has 0 spiro atoms. The predicted molar refractivity (Wildman–Crippen MR) is 114 cm³/mol. The van der Waals surface area contributed by atoms with Crippen molar-refractivity contribution >= 4 is 17.3 Å². The van der Waals surface area contributed by atoms with Gasteiger partial charge < -0.3 is 10.2 Å². The molecule has 8 heteroatoms. The molecule has 0 atom stereocenters. The van der Waals surface area contributed by atoms with E-state index >= 15 is 0 Å². The van der Waals surface area contributed by atoms with Crippen LogP contribution in [0.5, 0.6) is 0 Å². The Morgan fingerprint density at radius 2 is 1.74 bits per heavy atom. The van der Waals surface area contributed by atoms with E-state index in [2.05, 4.69) is 10.4 Å². The fraction of sp³-hybridized carbons (Fsp3) is 0.304. The third-order valence-corrected chi connectivity index (χ3v) is 5.52.